The van der Waals surface area contributed by atoms with Crippen molar-refractivity contribution in [2.45, 2.75) is 30.3 Å². The van der Waals surface area contributed by atoms with Crippen LogP contribution in [0.1, 0.15) is 33.4 Å². The number of hydrogen-bond acceptors (Lipinski definition) is 8. The summed E-state index contributed by atoms with van der Waals surface area (Å²) >= 11 is 0. The summed E-state index contributed by atoms with van der Waals surface area (Å²) in [5.74, 6) is -0.479. The average molecular weight is 444 g/mol. The summed E-state index contributed by atoms with van der Waals surface area (Å²) in [5.41, 5.74) is -0.620. The number of phenols is 2. The van der Waals surface area contributed by atoms with Crippen LogP contribution in [-0.4, -0.2) is 34.0 Å². The van der Waals surface area contributed by atoms with Crippen LogP contribution < -0.4 is 0 Å². The van der Waals surface area contributed by atoms with Crippen LogP contribution in [0.5, 0.6) is 11.5 Å². The largest absolute Gasteiger partial charge is 0.508 e. The van der Waals surface area contributed by atoms with E-state index < -0.39 is 35.5 Å². The molecule has 1 unspecified atom stereocenters. The van der Waals surface area contributed by atoms with E-state index >= 15 is 0 Å². The van der Waals surface area contributed by atoms with Crippen molar-refractivity contribution in [3.63, 3.8) is 0 Å². The van der Waals surface area contributed by atoms with Crippen LogP contribution in [0.25, 0.3) is 0 Å². The van der Waals surface area contributed by atoms with Crippen molar-refractivity contribution in [1.82, 2.24) is 0 Å². The molecule has 0 aliphatic carbocycles. The molecular formula is C22H20O8S. The molecule has 0 bridgehead atoms. The molecule has 0 saturated carbocycles. The maximum atomic E-state index is 12.9. The highest BCUT2D eigenvalue weighted by Gasteiger charge is 2.51. The van der Waals surface area contributed by atoms with Crippen molar-refractivity contribution in [2.24, 2.45) is 0 Å². The van der Waals surface area contributed by atoms with Gasteiger partial charge in [0, 0.05) is 22.3 Å². The monoisotopic (exact) mass is 444 g/mol. The Bertz CT molecular complexity index is 1240. The molecule has 1 heterocycles. The second-order valence-corrected chi connectivity index (χ2v) is 8.69. The number of benzene rings is 3. The van der Waals surface area contributed by atoms with Crippen molar-refractivity contribution < 1.29 is 38.1 Å². The van der Waals surface area contributed by atoms with E-state index in [1.165, 1.54) is 36.4 Å². The van der Waals surface area contributed by atoms with Crippen LogP contribution >= 0.6 is 0 Å². The number of fused-ring (bicyclic) bond motifs is 1. The van der Waals surface area contributed by atoms with Gasteiger partial charge in [0.25, 0.3) is 10.1 Å². The Kier molecular flexibility index (Phi) is 5.24. The lowest BCUT2D eigenvalue weighted by Gasteiger charge is -2.31. The first-order chi connectivity index (χ1) is 14.8. The molecule has 31 heavy (non-hydrogen) atoms. The van der Waals surface area contributed by atoms with Gasteiger partial charge in [0.1, 0.15) is 16.4 Å². The normalized spacial score (nSPS) is 19.3. The highest BCUT2D eigenvalue weighted by Crippen LogP contribution is 2.51. The molecule has 0 saturated heterocycles. The van der Waals surface area contributed by atoms with Crippen molar-refractivity contribution in [1.29, 1.82) is 0 Å². The molecule has 162 valence electrons. The highest BCUT2D eigenvalue weighted by molar-refractivity contribution is 7.87. The summed E-state index contributed by atoms with van der Waals surface area (Å²) in [6, 6.07) is 13.2. The first-order valence-electron chi connectivity index (χ1n) is 9.33. The molecule has 3 aromatic rings. The molecule has 0 radical (unpaired) electrons. The van der Waals surface area contributed by atoms with Crippen molar-refractivity contribution in [3.8, 4) is 11.5 Å². The van der Waals surface area contributed by atoms with Crippen LogP contribution in [-0.2, 0) is 39.7 Å². The van der Waals surface area contributed by atoms with E-state index in [1.807, 2.05) is 0 Å². The summed E-state index contributed by atoms with van der Waals surface area (Å²) in [4.78, 5) is -0.0576. The Balaban J connectivity index is 2.13. The molecular weight excluding hydrogens is 424 g/mol. The molecule has 9 heteroatoms. The quantitative estimate of drug-likeness (QED) is 0.373. The predicted molar refractivity (Wildman–Crippen MR) is 109 cm³/mol. The molecule has 1 aliphatic rings. The van der Waals surface area contributed by atoms with Crippen molar-refractivity contribution >= 4 is 10.1 Å². The van der Waals surface area contributed by atoms with Crippen molar-refractivity contribution in [2.75, 3.05) is 0 Å². The van der Waals surface area contributed by atoms with Gasteiger partial charge in [-0.3, -0.25) is 0 Å². The Morgan fingerprint density at radius 1 is 0.774 bits per heavy atom. The predicted octanol–water partition coefficient (Wildman–Crippen LogP) is 1.59. The second kappa shape index (κ2) is 7.63. The van der Waals surface area contributed by atoms with Gasteiger partial charge in [0.05, 0.1) is 19.8 Å². The molecule has 0 amide bonds. The van der Waals surface area contributed by atoms with Crippen LogP contribution in [0.15, 0.2) is 59.5 Å². The Morgan fingerprint density at radius 3 is 1.97 bits per heavy atom. The lowest BCUT2D eigenvalue weighted by Crippen LogP contribution is -2.30. The Labute approximate surface area is 178 Å². The standard InChI is InChI=1S/C22H20O8S/c23-10-13-7-16(5-6-19(13)26)22(17-8-14(11-24)21(27)15(9-17)12-25)18-3-1-2-4-20(18)31(28,29)30-22/h1-9,23-27H,10-12H2. The lowest BCUT2D eigenvalue weighted by molar-refractivity contribution is 0.178. The fraction of sp³-hybridized carbons (Fsp3) is 0.182. The van der Waals surface area contributed by atoms with Gasteiger partial charge in [-0.1, -0.05) is 24.3 Å². The minimum absolute atomic E-state index is 0.0576. The summed E-state index contributed by atoms with van der Waals surface area (Å²) in [7, 11) is -4.20. The molecule has 0 fully saturated rings. The van der Waals surface area contributed by atoms with E-state index in [0.29, 0.717) is 5.56 Å². The number of aliphatic hydroxyl groups excluding tert-OH is 3. The maximum absolute atomic E-state index is 12.9. The van der Waals surface area contributed by atoms with Crippen LogP contribution in [0.3, 0.4) is 0 Å². The molecule has 4 rings (SSSR count). The molecule has 3 aromatic carbocycles. The zero-order valence-electron chi connectivity index (χ0n) is 16.2. The van der Waals surface area contributed by atoms with Gasteiger partial charge < -0.3 is 25.5 Å². The van der Waals surface area contributed by atoms with Gasteiger partial charge in [-0.2, -0.15) is 8.42 Å². The fourth-order valence-electron chi connectivity index (χ4n) is 3.94. The van der Waals surface area contributed by atoms with Gasteiger partial charge in [0.2, 0.25) is 0 Å². The number of hydrogen-bond donors (Lipinski definition) is 5. The third-order valence-corrected chi connectivity index (χ3v) is 6.81. The average Bonchev–Trinajstić information content (AvgIpc) is 3.02. The molecule has 1 atom stereocenters. The third kappa shape index (κ3) is 3.18. The second-order valence-electron chi connectivity index (χ2n) is 7.18. The summed E-state index contributed by atoms with van der Waals surface area (Å²) in [5, 5.41) is 49.3. The van der Waals surface area contributed by atoms with E-state index in [2.05, 4.69) is 0 Å². The van der Waals surface area contributed by atoms with Crippen LogP contribution in [0.2, 0.25) is 0 Å². The molecule has 0 aromatic heterocycles. The molecule has 1 aliphatic heterocycles. The topological polar surface area (TPSA) is 145 Å². The molecule has 0 spiro atoms. The van der Waals surface area contributed by atoms with Gasteiger partial charge >= 0.3 is 0 Å². The van der Waals surface area contributed by atoms with Gasteiger partial charge in [-0.25, -0.2) is 4.18 Å². The first-order valence-corrected chi connectivity index (χ1v) is 10.7. The van der Waals surface area contributed by atoms with Crippen molar-refractivity contribution in [3.05, 3.63) is 88.0 Å². The van der Waals surface area contributed by atoms with E-state index in [4.69, 9.17) is 4.18 Å². The first kappa shape index (κ1) is 21.3. The highest BCUT2D eigenvalue weighted by atomic mass is 32.2. The smallest absolute Gasteiger partial charge is 0.298 e. The van der Waals surface area contributed by atoms with Gasteiger partial charge in [0.15, 0.2) is 5.60 Å². The summed E-state index contributed by atoms with van der Waals surface area (Å²) < 4.78 is 31.6. The summed E-state index contributed by atoms with van der Waals surface area (Å²) in [6.07, 6.45) is 0. The zero-order chi connectivity index (χ0) is 22.4. The number of aliphatic hydroxyl groups is 3. The minimum Gasteiger partial charge on any atom is -0.508 e. The van der Waals surface area contributed by atoms with Gasteiger partial charge in [-0.05, 0) is 41.5 Å². The molecule has 5 N–H and O–H groups in total. The van der Waals surface area contributed by atoms with E-state index in [0.717, 1.165) is 0 Å². The summed E-state index contributed by atoms with van der Waals surface area (Å²) in [6.45, 7) is -1.62. The van der Waals surface area contributed by atoms with E-state index in [1.54, 1.807) is 18.2 Å². The maximum Gasteiger partial charge on any atom is 0.298 e. The SMILES string of the molecule is O=S1(=O)OC(c2ccc(O)c(CO)c2)(c2cc(CO)c(O)c(CO)c2)c2ccccc21. The Morgan fingerprint density at radius 2 is 1.35 bits per heavy atom. The van der Waals surface area contributed by atoms with E-state index in [9.17, 15) is 34.0 Å². The minimum atomic E-state index is -4.20. The van der Waals surface area contributed by atoms with E-state index in [-0.39, 0.29) is 44.2 Å². The Hall–Kier alpha value is -2.95. The lowest BCUT2D eigenvalue weighted by atomic mass is 9.78. The number of aromatic hydroxyl groups is 2. The third-order valence-electron chi connectivity index (χ3n) is 5.44. The zero-order valence-corrected chi connectivity index (χ0v) is 17.0. The fourth-order valence-corrected chi connectivity index (χ4v) is 5.37. The van der Waals surface area contributed by atoms with Crippen LogP contribution in [0.4, 0.5) is 0 Å². The van der Waals surface area contributed by atoms with Gasteiger partial charge in [-0.15, -0.1) is 0 Å². The van der Waals surface area contributed by atoms with Crippen LogP contribution in [0, 0.1) is 0 Å². The molecule has 8 nitrogen and oxygen atoms in total. The number of rotatable bonds is 5.